The first-order valence-electron chi connectivity index (χ1n) is 5.22. The summed E-state index contributed by atoms with van der Waals surface area (Å²) in [5.74, 6) is 0. The van der Waals surface area contributed by atoms with Crippen molar-refractivity contribution in [3.63, 3.8) is 0 Å². The first-order valence-corrected chi connectivity index (χ1v) is 5.22. The molecule has 1 aromatic rings. The van der Waals surface area contributed by atoms with E-state index in [1.54, 1.807) is 0 Å². The topological polar surface area (TPSA) is 28.2 Å². The molecule has 3 nitrogen and oxygen atoms in total. The van der Waals surface area contributed by atoms with Gasteiger partial charge in [-0.3, -0.25) is 9.88 Å². The first-order chi connectivity index (χ1) is 6.88. The van der Waals surface area contributed by atoms with E-state index in [-0.39, 0.29) is 24.8 Å². The van der Waals surface area contributed by atoms with Gasteiger partial charge in [0.1, 0.15) is 0 Å². The summed E-state index contributed by atoms with van der Waals surface area (Å²) >= 11 is 0. The minimum atomic E-state index is 0. The van der Waals surface area contributed by atoms with Gasteiger partial charge in [-0.05, 0) is 18.6 Å². The Morgan fingerprint density at radius 2 is 2.00 bits per heavy atom. The molecule has 16 heavy (non-hydrogen) atoms. The highest BCUT2D eigenvalue weighted by Crippen LogP contribution is 2.18. The number of aromatic nitrogens is 1. The number of hydrogen-bond acceptors (Lipinski definition) is 3. The fourth-order valence-corrected chi connectivity index (χ4v) is 1.90. The van der Waals surface area contributed by atoms with Gasteiger partial charge >= 0.3 is 0 Å². The van der Waals surface area contributed by atoms with E-state index in [9.17, 15) is 0 Å². The predicted octanol–water partition coefficient (Wildman–Crippen LogP) is 1.89. The summed E-state index contributed by atoms with van der Waals surface area (Å²) in [4.78, 5) is 6.65. The van der Waals surface area contributed by atoms with Gasteiger partial charge in [-0.25, -0.2) is 0 Å². The number of nitrogens with one attached hydrogen (secondary N) is 1. The lowest BCUT2D eigenvalue weighted by atomic mass is 10.1. The molecule has 1 aliphatic rings. The zero-order valence-corrected chi connectivity index (χ0v) is 11.1. The van der Waals surface area contributed by atoms with Crippen LogP contribution < -0.4 is 5.32 Å². The van der Waals surface area contributed by atoms with Crippen molar-refractivity contribution in [3.05, 3.63) is 30.1 Å². The van der Waals surface area contributed by atoms with E-state index < -0.39 is 0 Å². The molecular formula is C11H19Cl2N3. The summed E-state index contributed by atoms with van der Waals surface area (Å²) in [7, 11) is 0. The summed E-state index contributed by atoms with van der Waals surface area (Å²) in [5.41, 5.74) is 1.31. The molecule has 0 aromatic carbocycles. The van der Waals surface area contributed by atoms with E-state index in [1.165, 1.54) is 5.56 Å². The van der Waals surface area contributed by atoms with E-state index in [4.69, 9.17) is 0 Å². The minimum Gasteiger partial charge on any atom is -0.314 e. The highest BCUT2D eigenvalue weighted by atomic mass is 35.5. The summed E-state index contributed by atoms with van der Waals surface area (Å²) in [6, 6.07) is 4.65. The first kappa shape index (κ1) is 15.7. The molecule has 1 fully saturated rings. The Labute approximate surface area is 109 Å². The number of nitrogens with zero attached hydrogens (tertiary/aromatic N) is 2. The molecule has 0 aliphatic carbocycles. The Kier molecular flexibility index (Phi) is 7.68. The van der Waals surface area contributed by atoms with Crippen molar-refractivity contribution in [2.45, 2.75) is 13.0 Å². The molecule has 2 heterocycles. The lowest BCUT2D eigenvalue weighted by molar-refractivity contribution is 0.185. The van der Waals surface area contributed by atoms with Gasteiger partial charge in [0.25, 0.3) is 0 Å². The van der Waals surface area contributed by atoms with Crippen LogP contribution in [0.1, 0.15) is 18.5 Å². The molecule has 0 saturated carbocycles. The molecule has 1 saturated heterocycles. The predicted molar refractivity (Wildman–Crippen MR) is 71.6 cm³/mol. The molecule has 1 aliphatic heterocycles. The fraction of sp³-hybridized carbons (Fsp3) is 0.545. The largest absolute Gasteiger partial charge is 0.314 e. The number of pyridine rings is 1. The maximum Gasteiger partial charge on any atom is 0.0336 e. The third-order valence-electron chi connectivity index (χ3n) is 2.87. The molecule has 5 heteroatoms. The lowest BCUT2D eigenvalue weighted by Gasteiger charge is -2.32. The van der Waals surface area contributed by atoms with Crippen LogP contribution in [-0.4, -0.2) is 36.1 Å². The van der Waals surface area contributed by atoms with Crippen molar-refractivity contribution in [3.8, 4) is 0 Å². The van der Waals surface area contributed by atoms with Gasteiger partial charge in [0.15, 0.2) is 0 Å². The minimum absolute atomic E-state index is 0. The van der Waals surface area contributed by atoms with E-state index in [1.807, 2.05) is 18.5 Å². The van der Waals surface area contributed by atoms with Gasteiger partial charge in [0, 0.05) is 44.6 Å². The van der Waals surface area contributed by atoms with Crippen LogP contribution in [0.2, 0.25) is 0 Å². The monoisotopic (exact) mass is 263 g/mol. The molecule has 0 amide bonds. The van der Waals surface area contributed by atoms with Gasteiger partial charge in [-0.2, -0.15) is 0 Å². The zero-order chi connectivity index (χ0) is 9.80. The van der Waals surface area contributed by atoms with Crippen LogP contribution in [0.25, 0.3) is 0 Å². The van der Waals surface area contributed by atoms with Crippen LogP contribution in [0.15, 0.2) is 24.5 Å². The van der Waals surface area contributed by atoms with E-state index in [2.05, 4.69) is 28.2 Å². The quantitative estimate of drug-likeness (QED) is 0.884. The van der Waals surface area contributed by atoms with Gasteiger partial charge in [0.05, 0.1) is 0 Å². The van der Waals surface area contributed by atoms with Crippen LogP contribution in [0, 0.1) is 0 Å². The second kappa shape index (κ2) is 7.85. The van der Waals surface area contributed by atoms with Gasteiger partial charge in [-0.15, -0.1) is 24.8 Å². The molecule has 2 rings (SSSR count). The third kappa shape index (κ3) is 3.91. The highest BCUT2D eigenvalue weighted by Gasteiger charge is 2.17. The van der Waals surface area contributed by atoms with Crippen LogP contribution in [-0.2, 0) is 0 Å². The van der Waals surface area contributed by atoms with Crippen LogP contribution in [0.5, 0.6) is 0 Å². The van der Waals surface area contributed by atoms with Crippen molar-refractivity contribution in [2.75, 3.05) is 26.2 Å². The van der Waals surface area contributed by atoms with Gasteiger partial charge < -0.3 is 5.32 Å². The Bertz CT molecular complexity index is 276. The molecule has 0 radical (unpaired) electrons. The maximum atomic E-state index is 4.16. The van der Waals surface area contributed by atoms with Crippen molar-refractivity contribution < 1.29 is 0 Å². The average molecular weight is 264 g/mol. The fourth-order valence-electron chi connectivity index (χ4n) is 1.90. The number of hydrogen-bond donors (Lipinski definition) is 1. The third-order valence-corrected chi connectivity index (χ3v) is 2.87. The van der Waals surface area contributed by atoms with Gasteiger partial charge in [0.2, 0.25) is 0 Å². The summed E-state index contributed by atoms with van der Waals surface area (Å²) in [5, 5.41) is 3.36. The highest BCUT2D eigenvalue weighted by molar-refractivity contribution is 5.85. The molecule has 0 unspecified atom stereocenters. The van der Waals surface area contributed by atoms with Crippen LogP contribution in [0.4, 0.5) is 0 Å². The molecular weight excluding hydrogens is 245 g/mol. The number of rotatable bonds is 2. The number of halogens is 2. The Morgan fingerprint density at radius 1 is 1.31 bits per heavy atom. The van der Waals surface area contributed by atoms with Crippen LogP contribution in [0.3, 0.4) is 0 Å². The summed E-state index contributed by atoms with van der Waals surface area (Å²) < 4.78 is 0. The van der Waals surface area contributed by atoms with E-state index in [0.29, 0.717) is 6.04 Å². The van der Waals surface area contributed by atoms with E-state index >= 15 is 0 Å². The maximum absolute atomic E-state index is 4.16. The molecule has 1 atom stereocenters. The molecule has 1 aromatic heterocycles. The van der Waals surface area contributed by atoms with Crippen molar-refractivity contribution in [1.29, 1.82) is 0 Å². The molecule has 0 bridgehead atoms. The van der Waals surface area contributed by atoms with E-state index in [0.717, 1.165) is 26.2 Å². The molecule has 92 valence electrons. The zero-order valence-electron chi connectivity index (χ0n) is 9.43. The number of piperazine rings is 1. The Morgan fingerprint density at radius 3 is 2.56 bits per heavy atom. The lowest BCUT2D eigenvalue weighted by Crippen LogP contribution is -2.44. The smallest absolute Gasteiger partial charge is 0.0336 e. The van der Waals surface area contributed by atoms with Crippen molar-refractivity contribution >= 4 is 24.8 Å². The SMILES string of the molecule is C[C@@H](c1cccnc1)N1CCNCC1.Cl.Cl. The molecule has 0 spiro atoms. The van der Waals surface area contributed by atoms with Crippen molar-refractivity contribution in [2.24, 2.45) is 0 Å². The van der Waals surface area contributed by atoms with Crippen LogP contribution >= 0.6 is 24.8 Å². The Hall–Kier alpha value is -0.350. The average Bonchev–Trinajstić information content (AvgIpc) is 2.30. The normalized spacial score (nSPS) is 18.1. The summed E-state index contributed by atoms with van der Waals surface area (Å²) in [6.45, 7) is 6.73. The summed E-state index contributed by atoms with van der Waals surface area (Å²) in [6.07, 6.45) is 3.79. The molecule has 1 N–H and O–H groups in total. The Balaban J connectivity index is 0.00000112. The second-order valence-electron chi connectivity index (χ2n) is 3.75. The second-order valence-corrected chi connectivity index (χ2v) is 3.75. The standard InChI is InChI=1S/C11H17N3.2ClH/c1-10(11-3-2-4-13-9-11)14-7-5-12-6-8-14;;/h2-4,9-10,12H,5-8H2,1H3;2*1H/t10-;;/m0../s1. The van der Waals surface area contributed by atoms with Crippen molar-refractivity contribution in [1.82, 2.24) is 15.2 Å². The van der Waals surface area contributed by atoms with Gasteiger partial charge in [-0.1, -0.05) is 6.07 Å².